The summed E-state index contributed by atoms with van der Waals surface area (Å²) in [5, 5.41) is 3.33. The number of hydrogen-bond donors (Lipinski definition) is 0. The maximum atomic E-state index is 13.4. The van der Waals surface area contributed by atoms with Crippen LogP contribution in [0.5, 0.6) is 28.7 Å². The fourth-order valence-corrected chi connectivity index (χ4v) is 7.13. The van der Waals surface area contributed by atoms with Crippen molar-refractivity contribution in [3.8, 4) is 28.7 Å². The molecule has 1 saturated heterocycles. The van der Waals surface area contributed by atoms with E-state index in [1.165, 1.54) is 0 Å². The van der Waals surface area contributed by atoms with Crippen LogP contribution in [0.25, 0.3) is 21.5 Å². The summed E-state index contributed by atoms with van der Waals surface area (Å²) in [5.41, 5.74) is 2.25. The number of rotatable bonds is 25. The summed E-state index contributed by atoms with van der Waals surface area (Å²) in [7, 11) is 0. The van der Waals surface area contributed by atoms with Gasteiger partial charge in [-0.3, -0.25) is 0 Å². The third-order valence-corrected chi connectivity index (χ3v) is 10.9. The molecular weight excluding hydrogens is 853 g/mol. The fraction of sp³-hybridized carbons (Fsp3) is 0.309. The Hall–Kier alpha value is -7.02. The van der Waals surface area contributed by atoms with Crippen molar-refractivity contribution in [2.75, 3.05) is 39.6 Å². The van der Waals surface area contributed by atoms with Crippen LogP contribution in [0.1, 0.15) is 95.4 Å². The van der Waals surface area contributed by atoms with Gasteiger partial charge in [-0.15, -0.1) is 0 Å². The van der Waals surface area contributed by atoms with Gasteiger partial charge in [0.25, 0.3) is 0 Å². The first kappa shape index (κ1) is 47.9. The van der Waals surface area contributed by atoms with Gasteiger partial charge in [0, 0.05) is 12.2 Å². The van der Waals surface area contributed by atoms with Crippen LogP contribution < -0.4 is 23.7 Å². The highest BCUT2D eigenvalue weighted by molar-refractivity contribution is 5.98. The van der Waals surface area contributed by atoms with Gasteiger partial charge in [0.05, 0.1) is 49.7 Å². The first-order chi connectivity index (χ1) is 32.6. The minimum Gasteiger partial charge on any atom is -0.494 e. The van der Waals surface area contributed by atoms with Crippen molar-refractivity contribution in [2.45, 2.75) is 71.3 Å². The predicted molar refractivity (Wildman–Crippen MR) is 255 cm³/mol. The number of hydrogen-bond acceptors (Lipinski definition) is 12. The minimum atomic E-state index is -0.541. The summed E-state index contributed by atoms with van der Waals surface area (Å²) >= 11 is 0. The summed E-state index contributed by atoms with van der Waals surface area (Å²) in [6.07, 6.45) is 6.94. The number of carbonyl (C=O) groups is 4. The second kappa shape index (κ2) is 24.0. The van der Waals surface area contributed by atoms with E-state index in [2.05, 4.69) is 6.58 Å². The van der Waals surface area contributed by atoms with Crippen LogP contribution in [-0.4, -0.2) is 69.6 Å². The molecule has 1 aliphatic rings. The zero-order valence-corrected chi connectivity index (χ0v) is 38.1. The van der Waals surface area contributed by atoms with E-state index in [1.54, 1.807) is 97.9 Å². The molecule has 0 amide bonds. The van der Waals surface area contributed by atoms with E-state index in [9.17, 15) is 19.2 Å². The van der Waals surface area contributed by atoms with E-state index in [4.69, 9.17) is 37.9 Å². The fourth-order valence-electron chi connectivity index (χ4n) is 7.13. The average Bonchev–Trinajstić information content (AvgIpc) is 4.17. The molecule has 0 saturated carbocycles. The van der Waals surface area contributed by atoms with Crippen LogP contribution in [0.15, 0.2) is 127 Å². The number of esters is 4. The largest absolute Gasteiger partial charge is 0.494 e. The molecule has 0 spiro atoms. The molecule has 12 nitrogen and oxygen atoms in total. The van der Waals surface area contributed by atoms with E-state index in [1.807, 2.05) is 31.2 Å². The molecule has 0 aliphatic carbocycles. The molecule has 6 aromatic rings. The van der Waals surface area contributed by atoms with Crippen LogP contribution in [0.2, 0.25) is 0 Å². The van der Waals surface area contributed by atoms with Crippen LogP contribution in [0.4, 0.5) is 0 Å². The molecule has 1 atom stereocenters. The lowest BCUT2D eigenvalue weighted by molar-refractivity contribution is -0.139. The molecule has 1 fully saturated rings. The molecule has 67 heavy (non-hydrogen) atoms. The molecule has 1 unspecified atom stereocenters. The molecule has 0 N–H and O–H groups in total. The minimum absolute atomic E-state index is 0.271. The molecule has 348 valence electrons. The highest BCUT2D eigenvalue weighted by atomic mass is 16.6. The van der Waals surface area contributed by atoms with Crippen LogP contribution in [0.3, 0.4) is 0 Å². The third kappa shape index (κ3) is 14.5. The Labute approximate surface area is 390 Å². The number of fused-ring (bicyclic) bond motifs is 2. The van der Waals surface area contributed by atoms with E-state index in [0.717, 1.165) is 84.4 Å². The van der Waals surface area contributed by atoms with Crippen molar-refractivity contribution < 1.29 is 57.1 Å². The molecule has 0 radical (unpaired) electrons. The Morgan fingerprint density at radius 2 is 1.04 bits per heavy atom. The summed E-state index contributed by atoms with van der Waals surface area (Å²) in [6, 6.07) is 33.3. The molecule has 0 bridgehead atoms. The Morgan fingerprint density at radius 1 is 0.552 bits per heavy atom. The van der Waals surface area contributed by atoms with Crippen molar-refractivity contribution in [3.05, 3.63) is 150 Å². The van der Waals surface area contributed by atoms with Crippen LogP contribution in [0, 0.1) is 0 Å². The lowest BCUT2D eigenvalue weighted by atomic mass is 10.1. The van der Waals surface area contributed by atoms with E-state index < -0.39 is 17.9 Å². The Morgan fingerprint density at radius 3 is 1.70 bits per heavy atom. The number of benzene rings is 6. The maximum Gasteiger partial charge on any atom is 0.343 e. The van der Waals surface area contributed by atoms with Gasteiger partial charge in [-0.05, 0) is 170 Å². The van der Waals surface area contributed by atoms with E-state index in [0.29, 0.717) is 84.7 Å². The molecule has 0 aromatic heterocycles. The van der Waals surface area contributed by atoms with Crippen molar-refractivity contribution in [2.24, 2.45) is 0 Å². The Kier molecular flexibility index (Phi) is 17.1. The van der Waals surface area contributed by atoms with Gasteiger partial charge in [0.2, 0.25) is 0 Å². The molecular formula is C55H56O12. The zero-order valence-electron chi connectivity index (χ0n) is 38.1. The molecule has 1 heterocycles. The lowest BCUT2D eigenvalue weighted by Crippen LogP contribution is -2.11. The van der Waals surface area contributed by atoms with Gasteiger partial charge >= 0.3 is 23.9 Å². The van der Waals surface area contributed by atoms with Gasteiger partial charge in [0.1, 0.15) is 34.9 Å². The molecule has 12 heteroatoms. The summed E-state index contributed by atoms with van der Waals surface area (Å²) in [4.78, 5) is 51.2. The van der Waals surface area contributed by atoms with Gasteiger partial charge < -0.3 is 37.9 Å². The highest BCUT2D eigenvalue weighted by Gasteiger charge is 2.22. The van der Waals surface area contributed by atoms with Crippen molar-refractivity contribution in [1.29, 1.82) is 0 Å². The number of aryl methyl sites for hydroxylation is 1. The first-order valence-electron chi connectivity index (χ1n) is 22.9. The van der Waals surface area contributed by atoms with Crippen molar-refractivity contribution >= 4 is 45.4 Å². The maximum absolute atomic E-state index is 13.4. The van der Waals surface area contributed by atoms with Gasteiger partial charge in [0.15, 0.2) is 0 Å². The monoisotopic (exact) mass is 908 g/mol. The Bertz CT molecular complexity index is 2680. The normalized spacial score (nSPS) is 12.9. The quantitative estimate of drug-likeness (QED) is 0.0177. The second-order valence-electron chi connectivity index (χ2n) is 16.4. The van der Waals surface area contributed by atoms with Crippen LogP contribution >= 0.6 is 0 Å². The first-order valence-corrected chi connectivity index (χ1v) is 22.9. The summed E-state index contributed by atoms with van der Waals surface area (Å²) < 4.78 is 44.9. The number of carbonyl (C=O) groups excluding carboxylic acids is 4. The lowest BCUT2D eigenvalue weighted by Gasteiger charge is -2.13. The van der Waals surface area contributed by atoms with Gasteiger partial charge in [-0.25, -0.2) is 19.2 Å². The van der Waals surface area contributed by atoms with Crippen LogP contribution in [-0.2, 0) is 25.4 Å². The van der Waals surface area contributed by atoms with Crippen molar-refractivity contribution in [1.82, 2.24) is 0 Å². The van der Waals surface area contributed by atoms with E-state index >= 15 is 0 Å². The highest BCUT2D eigenvalue weighted by Crippen LogP contribution is 2.30. The molecule has 6 aromatic carbocycles. The van der Waals surface area contributed by atoms with Gasteiger partial charge in [-0.1, -0.05) is 44.2 Å². The predicted octanol–water partition coefficient (Wildman–Crippen LogP) is 11.2. The second-order valence-corrected chi connectivity index (χ2v) is 16.4. The van der Waals surface area contributed by atoms with Gasteiger partial charge in [-0.2, -0.15) is 0 Å². The Balaban J connectivity index is 0.873. The summed E-state index contributed by atoms with van der Waals surface area (Å²) in [6.45, 7) is 10.9. The van der Waals surface area contributed by atoms with E-state index in [-0.39, 0.29) is 12.1 Å². The summed E-state index contributed by atoms with van der Waals surface area (Å²) in [5.74, 6) is 0.579. The molecule has 7 rings (SSSR count). The smallest absolute Gasteiger partial charge is 0.343 e. The number of unbranched alkanes of at least 4 members (excludes halogenated alkanes) is 4. The zero-order chi connectivity index (χ0) is 47.0. The average molecular weight is 909 g/mol. The number of ether oxygens (including phenoxy) is 8. The standard InChI is InChI=1S/C55H56O12/c1-4-11-43-34-49(66-54(58)44-14-12-41-32-47(22-18-39(41)30-44)62-27-7-5-6-8-29-63-52(56)37(2)3)24-25-51(43)67-55(59)45-15-13-42-33-48(23-19-40(42)31-45)65-53(57)38-16-20-46(21-17-38)61-28-10-9-26-60-35-50-36-64-50/h12-25,30-34,50H,2,4-11,26-29,35-36H2,1,3H3. The van der Waals surface area contributed by atoms with Crippen molar-refractivity contribution in [3.63, 3.8) is 0 Å². The number of epoxide rings is 1. The topological polar surface area (TPSA) is 145 Å². The third-order valence-electron chi connectivity index (χ3n) is 10.9. The molecule has 1 aliphatic heterocycles. The SMILES string of the molecule is C=C(C)C(=O)OCCCCCCOc1ccc2cc(C(=O)Oc3ccc(OC(=O)c4ccc5cc(OC(=O)c6ccc(OCCCCOCC7CO7)cc6)ccc5c4)c(CCC)c3)ccc2c1.